The van der Waals surface area contributed by atoms with Gasteiger partial charge < -0.3 is 10.2 Å². The fraction of sp³-hybridized carbons (Fsp3) is 0.278. The molecule has 1 aromatic heterocycles. The van der Waals surface area contributed by atoms with Gasteiger partial charge in [0, 0.05) is 31.5 Å². The highest BCUT2D eigenvalue weighted by Crippen LogP contribution is 2.19. The Hall–Kier alpha value is -2.69. The third-order valence-corrected chi connectivity index (χ3v) is 3.62. The molecule has 0 fully saturated rings. The lowest BCUT2D eigenvalue weighted by Gasteiger charge is -2.21. The van der Waals surface area contributed by atoms with Gasteiger partial charge >= 0.3 is 0 Å². The van der Waals surface area contributed by atoms with Gasteiger partial charge in [-0.2, -0.15) is 0 Å². The standard InChI is InChI=1S/C18H21N3O2/c1-13-6-4-7-14(2)18(13)20-17(23)12-21(15(3)22)11-16-8-5-9-19-10-16/h4-10H,11-12H2,1-3H3,(H,20,23). The first-order chi connectivity index (χ1) is 11.0. The molecule has 0 aliphatic carbocycles. The third kappa shape index (κ3) is 4.64. The third-order valence-electron chi connectivity index (χ3n) is 3.62. The van der Waals surface area contributed by atoms with Crippen molar-refractivity contribution in [2.24, 2.45) is 0 Å². The first-order valence-corrected chi connectivity index (χ1v) is 7.48. The number of aryl methyl sites for hydroxylation is 2. The summed E-state index contributed by atoms with van der Waals surface area (Å²) in [6.45, 7) is 5.73. The molecule has 0 atom stereocenters. The number of carbonyl (C=O) groups excluding carboxylic acids is 2. The highest BCUT2D eigenvalue weighted by Gasteiger charge is 2.15. The van der Waals surface area contributed by atoms with Crippen molar-refractivity contribution >= 4 is 17.5 Å². The number of aromatic nitrogens is 1. The van der Waals surface area contributed by atoms with Crippen LogP contribution in [-0.4, -0.2) is 28.2 Å². The molecule has 0 saturated heterocycles. The Balaban J connectivity index is 2.05. The van der Waals surface area contributed by atoms with E-state index in [9.17, 15) is 9.59 Å². The molecule has 0 bridgehead atoms. The summed E-state index contributed by atoms with van der Waals surface area (Å²) in [5.74, 6) is -0.355. The van der Waals surface area contributed by atoms with E-state index in [1.54, 1.807) is 12.4 Å². The minimum Gasteiger partial charge on any atom is -0.329 e. The number of rotatable bonds is 5. The Morgan fingerprint density at radius 3 is 2.39 bits per heavy atom. The van der Waals surface area contributed by atoms with E-state index in [1.807, 2.05) is 44.2 Å². The number of amides is 2. The van der Waals surface area contributed by atoms with Crippen LogP contribution >= 0.6 is 0 Å². The van der Waals surface area contributed by atoms with Gasteiger partial charge in [-0.3, -0.25) is 14.6 Å². The molecule has 1 aromatic carbocycles. The normalized spacial score (nSPS) is 10.2. The van der Waals surface area contributed by atoms with Crippen molar-refractivity contribution in [2.75, 3.05) is 11.9 Å². The number of hydrogen-bond donors (Lipinski definition) is 1. The predicted molar refractivity (Wildman–Crippen MR) is 89.9 cm³/mol. The van der Waals surface area contributed by atoms with E-state index < -0.39 is 0 Å². The van der Waals surface area contributed by atoms with Gasteiger partial charge in [-0.15, -0.1) is 0 Å². The second-order valence-corrected chi connectivity index (χ2v) is 5.55. The Morgan fingerprint density at radius 1 is 1.13 bits per heavy atom. The van der Waals surface area contributed by atoms with E-state index in [2.05, 4.69) is 10.3 Å². The Labute approximate surface area is 136 Å². The van der Waals surface area contributed by atoms with E-state index in [-0.39, 0.29) is 18.4 Å². The van der Waals surface area contributed by atoms with Crippen molar-refractivity contribution in [2.45, 2.75) is 27.3 Å². The van der Waals surface area contributed by atoms with Gasteiger partial charge in [0.25, 0.3) is 0 Å². The first-order valence-electron chi connectivity index (χ1n) is 7.48. The molecule has 2 aromatic rings. The molecular weight excluding hydrogens is 290 g/mol. The molecule has 0 aliphatic rings. The number of benzene rings is 1. The molecule has 0 unspecified atom stereocenters. The molecule has 2 amide bonds. The Morgan fingerprint density at radius 2 is 1.83 bits per heavy atom. The number of nitrogens with zero attached hydrogens (tertiary/aromatic N) is 2. The van der Waals surface area contributed by atoms with Gasteiger partial charge in [-0.25, -0.2) is 0 Å². The van der Waals surface area contributed by atoms with Crippen molar-refractivity contribution in [3.05, 3.63) is 59.4 Å². The van der Waals surface area contributed by atoms with Crippen molar-refractivity contribution in [1.82, 2.24) is 9.88 Å². The summed E-state index contributed by atoms with van der Waals surface area (Å²) in [4.78, 5) is 29.6. The Kier molecular flexibility index (Phi) is 5.46. The number of anilines is 1. The fourth-order valence-electron chi connectivity index (χ4n) is 2.35. The van der Waals surface area contributed by atoms with Crippen LogP contribution in [0.2, 0.25) is 0 Å². The van der Waals surface area contributed by atoms with Crippen molar-refractivity contribution < 1.29 is 9.59 Å². The van der Waals surface area contributed by atoms with Gasteiger partial charge in [0.1, 0.15) is 6.54 Å². The van der Waals surface area contributed by atoms with Gasteiger partial charge in [-0.05, 0) is 36.6 Å². The maximum atomic E-state index is 12.3. The van der Waals surface area contributed by atoms with Crippen LogP contribution in [0.25, 0.3) is 0 Å². The number of hydrogen-bond acceptors (Lipinski definition) is 3. The summed E-state index contributed by atoms with van der Waals surface area (Å²) < 4.78 is 0. The van der Waals surface area contributed by atoms with Crippen LogP contribution in [-0.2, 0) is 16.1 Å². The smallest absolute Gasteiger partial charge is 0.244 e. The first kappa shape index (κ1) is 16.7. The maximum absolute atomic E-state index is 12.3. The molecule has 0 radical (unpaired) electrons. The monoisotopic (exact) mass is 311 g/mol. The predicted octanol–water partition coefficient (Wildman–Crippen LogP) is 2.69. The number of para-hydroxylation sites is 1. The average Bonchev–Trinajstić information content (AvgIpc) is 2.51. The summed E-state index contributed by atoms with van der Waals surface area (Å²) in [7, 11) is 0. The van der Waals surface area contributed by atoms with Crippen LogP contribution in [0.5, 0.6) is 0 Å². The lowest BCUT2D eigenvalue weighted by atomic mass is 10.1. The molecule has 1 N–H and O–H groups in total. The number of carbonyl (C=O) groups is 2. The van der Waals surface area contributed by atoms with E-state index in [0.29, 0.717) is 6.54 Å². The summed E-state index contributed by atoms with van der Waals surface area (Å²) in [6.07, 6.45) is 3.37. The molecule has 23 heavy (non-hydrogen) atoms. The minimum atomic E-state index is -0.207. The molecule has 0 aliphatic heterocycles. The zero-order chi connectivity index (χ0) is 16.8. The summed E-state index contributed by atoms with van der Waals surface area (Å²) in [5.41, 5.74) is 3.70. The molecule has 1 heterocycles. The van der Waals surface area contributed by atoms with Crippen molar-refractivity contribution in [3.63, 3.8) is 0 Å². The van der Waals surface area contributed by atoms with Crippen LogP contribution in [0, 0.1) is 13.8 Å². The highest BCUT2D eigenvalue weighted by atomic mass is 16.2. The van der Waals surface area contributed by atoms with E-state index in [1.165, 1.54) is 11.8 Å². The quantitative estimate of drug-likeness (QED) is 0.923. The van der Waals surface area contributed by atoms with Crippen LogP contribution in [0.1, 0.15) is 23.6 Å². The lowest BCUT2D eigenvalue weighted by Crippen LogP contribution is -2.36. The van der Waals surface area contributed by atoms with Gasteiger partial charge in [-0.1, -0.05) is 24.3 Å². The van der Waals surface area contributed by atoms with Crippen molar-refractivity contribution in [1.29, 1.82) is 0 Å². The van der Waals surface area contributed by atoms with Crippen LogP contribution < -0.4 is 5.32 Å². The molecule has 5 nitrogen and oxygen atoms in total. The van der Waals surface area contributed by atoms with E-state index >= 15 is 0 Å². The molecule has 5 heteroatoms. The molecule has 0 spiro atoms. The molecule has 0 saturated carbocycles. The molecule has 120 valence electrons. The zero-order valence-electron chi connectivity index (χ0n) is 13.7. The van der Waals surface area contributed by atoms with Crippen LogP contribution in [0.4, 0.5) is 5.69 Å². The second kappa shape index (κ2) is 7.54. The lowest BCUT2D eigenvalue weighted by molar-refractivity contribution is -0.133. The average molecular weight is 311 g/mol. The second-order valence-electron chi connectivity index (χ2n) is 5.55. The van der Waals surface area contributed by atoms with Crippen molar-refractivity contribution in [3.8, 4) is 0 Å². The summed E-state index contributed by atoms with van der Waals surface area (Å²) in [5, 5.41) is 2.90. The Bertz CT molecular complexity index is 678. The maximum Gasteiger partial charge on any atom is 0.244 e. The van der Waals surface area contributed by atoms with E-state index in [4.69, 9.17) is 0 Å². The van der Waals surface area contributed by atoms with Gasteiger partial charge in [0.15, 0.2) is 0 Å². The highest BCUT2D eigenvalue weighted by molar-refractivity contribution is 5.95. The van der Waals surface area contributed by atoms with E-state index in [0.717, 1.165) is 22.4 Å². The summed E-state index contributed by atoms with van der Waals surface area (Å²) >= 11 is 0. The van der Waals surface area contributed by atoms with Crippen LogP contribution in [0.3, 0.4) is 0 Å². The topological polar surface area (TPSA) is 62.3 Å². The summed E-state index contributed by atoms with van der Waals surface area (Å²) in [6, 6.07) is 9.53. The fourth-order valence-corrected chi connectivity index (χ4v) is 2.35. The zero-order valence-corrected chi connectivity index (χ0v) is 13.7. The largest absolute Gasteiger partial charge is 0.329 e. The van der Waals surface area contributed by atoms with Crippen LogP contribution in [0.15, 0.2) is 42.7 Å². The molecular formula is C18H21N3O2. The number of pyridine rings is 1. The minimum absolute atomic E-state index is 0.0119. The van der Waals surface area contributed by atoms with Gasteiger partial charge in [0.2, 0.25) is 11.8 Å². The SMILES string of the molecule is CC(=O)N(CC(=O)Nc1c(C)cccc1C)Cc1cccnc1. The van der Waals surface area contributed by atoms with Gasteiger partial charge in [0.05, 0.1) is 0 Å². The molecule has 2 rings (SSSR count). The number of nitrogens with one attached hydrogen (secondary N) is 1.